The predicted octanol–water partition coefficient (Wildman–Crippen LogP) is 4.64. The minimum Gasteiger partial charge on any atom is -0.392 e. The SMILES string of the molecule is Cc1ccc(F)cc1CC(O)C1CCC2CCCCC2C1. The van der Waals surface area contributed by atoms with Gasteiger partial charge in [0.1, 0.15) is 5.82 Å². The number of aliphatic hydroxyl groups excluding tert-OH is 1. The normalized spacial score (nSPS) is 30.7. The van der Waals surface area contributed by atoms with Crippen molar-refractivity contribution >= 4 is 0 Å². The number of rotatable bonds is 3. The van der Waals surface area contributed by atoms with E-state index in [1.807, 2.05) is 13.0 Å². The number of hydrogen-bond acceptors (Lipinski definition) is 1. The summed E-state index contributed by atoms with van der Waals surface area (Å²) in [6.45, 7) is 2.00. The Labute approximate surface area is 127 Å². The molecule has 0 bridgehead atoms. The van der Waals surface area contributed by atoms with Gasteiger partial charge < -0.3 is 5.11 Å². The Morgan fingerprint density at radius 1 is 1.14 bits per heavy atom. The lowest BCUT2D eigenvalue weighted by molar-refractivity contribution is 0.0360. The molecule has 0 heterocycles. The largest absolute Gasteiger partial charge is 0.392 e. The molecule has 0 spiro atoms. The Kier molecular flexibility index (Phi) is 4.63. The van der Waals surface area contributed by atoms with E-state index in [-0.39, 0.29) is 11.9 Å². The van der Waals surface area contributed by atoms with E-state index in [0.29, 0.717) is 12.3 Å². The number of halogens is 1. The molecule has 1 N–H and O–H groups in total. The zero-order chi connectivity index (χ0) is 14.8. The van der Waals surface area contributed by atoms with E-state index in [1.54, 1.807) is 6.07 Å². The van der Waals surface area contributed by atoms with Gasteiger partial charge in [0.05, 0.1) is 6.10 Å². The first kappa shape index (κ1) is 15.0. The number of aliphatic hydroxyl groups is 1. The Balaban J connectivity index is 1.62. The summed E-state index contributed by atoms with van der Waals surface area (Å²) in [6.07, 6.45) is 9.43. The number of fused-ring (bicyclic) bond motifs is 1. The molecule has 0 aromatic heterocycles. The highest BCUT2D eigenvalue weighted by Crippen LogP contribution is 2.43. The number of hydrogen-bond donors (Lipinski definition) is 1. The summed E-state index contributed by atoms with van der Waals surface area (Å²) < 4.78 is 13.4. The molecule has 0 radical (unpaired) electrons. The molecule has 3 rings (SSSR count). The third kappa shape index (κ3) is 3.48. The van der Waals surface area contributed by atoms with E-state index in [0.717, 1.165) is 29.4 Å². The molecule has 2 aliphatic rings. The van der Waals surface area contributed by atoms with Crippen LogP contribution in [0.4, 0.5) is 4.39 Å². The molecule has 2 fully saturated rings. The zero-order valence-electron chi connectivity index (χ0n) is 13.0. The molecule has 2 aliphatic carbocycles. The lowest BCUT2D eigenvalue weighted by atomic mass is 9.66. The van der Waals surface area contributed by atoms with Gasteiger partial charge in [0.2, 0.25) is 0 Å². The van der Waals surface area contributed by atoms with Crippen molar-refractivity contribution in [3.63, 3.8) is 0 Å². The van der Waals surface area contributed by atoms with Crippen LogP contribution in [0.3, 0.4) is 0 Å². The maximum atomic E-state index is 13.4. The highest BCUT2D eigenvalue weighted by Gasteiger charge is 2.34. The van der Waals surface area contributed by atoms with Crippen LogP contribution >= 0.6 is 0 Å². The second-order valence-corrected chi connectivity index (χ2v) is 7.22. The van der Waals surface area contributed by atoms with Gasteiger partial charge in [-0.25, -0.2) is 4.39 Å². The van der Waals surface area contributed by atoms with Gasteiger partial charge >= 0.3 is 0 Å². The van der Waals surface area contributed by atoms with Crippen molar-refractivity contribution in [2.75, 3.05) is 0 Å². The van der Waals surface area contributed by atoms with Crippen molar-refractivity contribution < 1.29 is 9.50 Å². The van der Waals surface area contributed by atoms with Crippen molar-refractivity contribution in [3.8, 4) is 0 Å². The molecular formula is C19H27FO. The van der Waals surface area contributed by atoms with Crippen molar-refractivity contribution in [1.29, 1.82) is 0 Å². The minimum atomic E-state index is -0.312. The monoisotopic (exact) mass is 290 g/mol. The molecule has 0 aliphatic heterocycles. The summed E-state index contributed by atoms with van der Waals surface area (Å²) in [7, 11) is 0. The summed E-state index contributed by atoms with van der Waals surface area (Å²) in [4.78, 5) is 0. The van der Waals surface area contributed by atoms with E-state index < -0.39 is 0 Å². The molecule has 2 heteroatoms. The Morgan fingerprint density at radius 3 is 2.71 bits per heavy atom. The van der Waals surface area contributed by atoms with E-state index in [4.69, 9.17) is 0 Å². The average Bonchev–Trinajstić information content (AvgIpc) is 2.50. The van der Waals surface area contributed by atoms with E-state index >= 15 is 0 Å². The first-order valence-corrected chi connectivity index (χ1v) is 8.56. The fraction of sp³-hybridized carbons (Fsp3) is 0.684. The van der Waals surface area contributed by atoms with Gasteiger partial charge in [0.25, 0.3) is 0 Å². The average molecular weight is 290 g/mol. The summed E-state index contributed by atoms with van der Waals surface area (Å²) in [5.41, 5.74) is 2.05. The van der Waals surface area contributed by atoms with Gasteiger partial charge in [0.15, 0.2) is 0 Å². The first-order chi connectivity index (χ1) is 10.1. The van der Waals surface area contributed by atoms with Gasteiger partial charge in [-0.3, -0.25) is 0 Å². The van der Waals surface area contributed by atoms with Crippen molar-refractivity contribution in [2.45, 2.75) is 64.4 Å². The lowest BCUT2D eigenvalue weighted by Crippen LogP contribution is -2.34. The van der Waals surface area contributed by atoms with Crippen LogP contribution in [0.5, 0.6) is 0 Å². The Bertz CT molecular complexity index is 484. The second kappa shape index (κ2) is 6.48. The van der Waals surface area contributed by atoms with E-state index in [2.05, 4.69) is 0 Å². The molecule has 1 aromatic carbocycles. The standard InChI is InChI=1S/C19H27FO/c1-13-6-9-18(20)11-17(13)12-19(21)16-8-7-14-4-2-3-5-15(14)10-16/h6,9,11,14-16,19,21H,2-5,7-8,10,12H2,1H3. The highest BCUT2D eigenvalue weighted by molar-refractivity contribution is 5.27. The molecule has 116 valence electrons. The summed E-state index contributed by atoms with van der Waals surface area (Å²) in [5.74, 6) is 1.96. The minimum absolute atomic E-state index is 0.196. The maximum Gasteiger partial charge on any atom is 0.123 e. The van der Waals surface area contributed by atoms with Crippen LogP contribution in [-0.2, 0) is 6.42 Å². The van der Waals surface area contributed by atoms with Gasteiger partial charge in [-0.05, 0) is 73.6 Å². The second-order valence-electron chi connectivity index (χ2n) is 7.22. The first-order valence-electron chi connectivity index (χ1n) is 8.56. The third-order valence-corrected chi connectivity index (χ3v) is 5.86. The smallest absolute Gasteiger partial charge is 0.123 e. The highest BCUT2D eigenvalue weighted by atomic mass is 19.1. The van der Waals surface area contributed by atoms with Crippen LogP contribution in [0.2, 0.25) is 0 Å². The molecular weight excluding hydrogens is 263 g/mol. The van der Waals surface area contributed by atoms with Crippen LogP contribution in [0, 0.1) is 30.5 Å². The quantitative estimate of drug-likeness (QED) is 0.859. The number of benzene rings is 1. The third-order valence-electron chi connectivity index (χ3n) is 5.86. The van der Waals surface area contributed by atoms with Crippen LogP contribution < -0.4 is 0 Å². The molecule has 0 amide bonds. The van der Waals surface area contributed by atoms with Crippen molar-refractivity contribution in [2.24, 2.45) is 17.8 Å². The van der Waals surface area contributed by atoms with Gasteiger partial charge in [0, 0.05) is 0 Å². The topological polar surface area (TPSA) is 20.2 Å². The Hall–Kier alpha value is -0.890. The van der Waals surface area contributed by atoms with Crippen molar-refractivity contribution in [3.05, 3.63) is 35.1 Å². The molecule has 4 unspecified atom stereocenters. The number of aryl methyl sites for hydroxylation is 1. The van der Waals surface area contributed by atoms with Gasteiger partial charge in [-0.15, -0.1) is 0 Å². The fourth-order valence-electron chi connectivity index (χ4n) is 4.51. The summed E-state index contributed by atoms with van der Waals surface area (Å²) in [5, 5.41) is 10.6. The zero-order valence-corrected chi connectivity index (χ0v) is 13.0. The van der Waals surface area contributed by atoms with Gasteiger partial charge in [-0.2, -0.15) is 0 Å². The van der Waals surface area contributed by atoms with Crippen LogP contribution in [0.15, 0.2) is 18.2 Å². The molecule has 2 saturated carbocycles. The molecule has 4 atom stereocenters. The van der Waals surface area contributed by atoms with Gasteiger partial charge in [-0.1, -0.05) is 31.7 Å². The van der Waals surface area contributed by atoms with Crippen molar-refractivity contribution in [1.82, 2.24) is 0 Å². The molecule has 0 saturated heterocycles. The van der Waals surface area contributed by atoms with E-state index in [9.17, 15) is 9.50 Å². The van der Waals surface area contributed by atoms with Crippen LogP contribution in [0.25, 0.3) is 0 Å². The fourth-order valence-corrected chi connectivity index (χ4v) is 4.51. The summed E-state index contributed by atoms with van der Waals surface area (Å²) >= 11 is 0. The molecule has 1 nitrogen and oxygen atoms in total. The van der Waals surface area contributed by atoms with Crippen LogP contribution in [0.1, 0.15) is 56.1 Å². The molecule has 21 heavy (non-hydrogen) atoms. The predicted molar refractivity (Wildman–Crippen MR) is 83.6 cm³/mol. The van der Waals surface area contributed by atoms with Crippen LogP contribution in [-0.4, -0.2) is 11.2 Å². The molecule has 1 aromatic rings. The maximum absolute atomic E-state index is 13.4. The Morgan fingerprint density at radius 2 is 1.90 bits per heavy atom. The lowest BCUT2D eigenvalue weighted by Gasteiger charge is -2.41. The summed E-state index contributed by atoms with van der Waals surface area (Å²) in [6, 6.07) is 4.90. The van der Waals surface area contributed by atoms with E-state index in [1.165, 1.54) is 44.6 Å².